The SMILES string of the molecule is CC(C)CC(=O)N1CCc2ccc(OCc3nc(C(=O)NCc4ccccc4)cs3)cc2C1c1cccc(F)c1. The number of benzene rings is 3. The van der Waals surface area contributed by atoms with Crippen LogP contribution in [0.1, 0.15) is 64.1 Å². The lowest BCUT2D eigenvalue weighted by Gasteiger charge is -2.38. The first kappa shape index (κ1) is 27.5. The van der Waals surface area contributed by atoms with Crippen LogP contribution in [0.5, 0.6) is 5.75 Å². The van der Waals surface area contributed by atoms with E-state index in [1.165, 1.54) is 23.5 Å². The summed E-state index contributed by atoms with van der Waals surface area (Å²) < 4.78 is 20.3. The molecule has 1 atom stereocenters. The van der Waals surface area contributed by atoms with Crippen LogP contribution in [0.3, 0.4) is 0 Å². The lowest BCUT2D eigenvalue weighted by atomic mass is 9.87. The molecule has 0 saturated heterocycles. The predicted octanol–water partition coefficient (Wildman–Crippen LogP) is 6.31. The fraction of sp³-hybridized carbons (Fsp3) is 0.281. The number of rotatable bonds is 9. The number of fused-ring (bicyclic) bond motifs is 1. The second-order valence-corrected chi connectivity index (χ2v) is 11.3. The van der Waals surface area contributed by atoms with E-state index >= 15 is 0 Å². The van der Waals surface area contributed by atoms with Crippen molar-refractivity contribution in [2.24, 2.45) is 5.92 Å². The Morgan fingerprint density at radius 1 is 1.10 bits per heavy atom. The fourth-order valence-corrected chi connectivity index (χ4v) is 5.64. The summed E-state index contributed by atoms with van der Waals surface area (Å²) >= 11 is 1.37. The van der Waals surface area contributed by atoms with Crippen LogP contribution < -0.4 is 10.1 Å². The molecule has 2 heterocycles. The van der Waals surface area contributed by atoms with Gasteiger partial charge in [-0.1, -0.05) is 62.4 Å². The topological polar surface area (TPSA) is 71.5 Å². The summed E-state index contributed by atoms with van der Waals surface area (Å²) in [4.78, 5) is 32.1. The van der Waals surface area contributed by atoms with Crippen molar-refractivity contribution in [1.29, 1.82) is 0 Å². The summed E-state index contributed by atoms with van der Waals surface area (Å²) in [5.74, 6) is 0.343. The molecule has 6 nitrogen and oxygen atoms in total. The summed E-state index contributed by atoms with van der Waals surface area (Å²) in [6, 6.07) is 21.7. The Labute approximate surface area is 237 Å². The molecule has 0 fully saturated rings. The van der Waals surface area contributed by atoms with Gasteiger partial charge < -0.3 is 15.0 Å². The van der Waals surface area contributed by atoms with Gasteiger partial charge in [0.15, 0.2) is 0 Å². The van der Waals surface area contributed by atoms with Crippen molar-refractivity contribution in [1.82, 2.24) is 15.2 Å². The summed E-state index contributed by atoms with van der Waals surface area (Å²) in [5.41, 5.74) is 4.16. The number of amides is 2. The van der Waals surface area contributed by atoms with E-state index < -0.39 is 6.04 Å². The van der Waals surface area contributed by atoms with Crippen molar-refractivity contribution in [3.05, 3.63) is 117 Å². The van der Waals surface area contributed by atoms with Gasteiger partial charge in [0, 0.05) is 24.9 Å². The van der Waals surface area contributed by atoms with Gasteiger partial charge >= 0.3 is 0 Å². The predicted molar refractivity (Wildman–Crippen MR) is 154 cm³/mol. The number of nitrogens with zero attached hydrogens (tertiary/aromatic N) is 2. The van der Waals surface area contributed by atoms with Gasteiger partial charge in [-0.15, -0.1) is 11.3 Å². The van der Waals surface area contributed by atoms with Gasteiger partial charge in [-0.05, 0) is 58.9 Å². The van der Waals surface area contributed by atoms with Gasteiger partial charge in [0.25, 0.3) is 5.91 Å². The van der Waals surface area contributed by atoms with Crippen LogP contribution in [-0.2, 0) is 24.4 Å². The van der Waals surface area contributed by atoms with Crippen molar-refractivity contribution in [2.45, 2.75) is 45.9 Å². The summed E-state index contributed by atoms with van der Waals surface area (Å²) in [6.45, 7) is 5.26. The molecule has 1 aromatic heterocycles. The lowest BCUT2D eigenvalue weighted by molar-refractivity contribution is -0.134. The van der Waals surface area contributed by atoms with E-state index in [2.05, 4.69) is 10.3 Å². The molecule has 1 unspecified atom stereocenters. The molecule has 0 aliphatic carbocycles. The molecule has 40 heavy (non-hydrogen) atoms. The minimum absolute atomic E-state index is 0.0575. The third-order valence-corrected chi connectivity index (χ3v) is 7.68. The molecule has 0 bridgehead atoms. The number of ether oxygens (including phenoxy) is 1. The van der Waals surface area contributed by atoms with Crippen LogP contribution in [0.2, 0.25) is 0 Å². The minimum atomic E-state index is -0.394. The maximum atomic E-state index is 14.3. The van der Waals surface area contributed by atoms with Crippen LogP contribution in [0.25, 0.3) is 0 Å². The van der Waals surface area contributed by atoms with Crippen molar-refractivity contribution >= 4 is 23.2 Å². The van der Waals surface area contributed by atoms with E-state index in [0.29, 0.717) is 36.0 Å². The van der Waals surface area contributed by atoms with Crippen molar-refractivity contribution in [3.63, 3.8) is 0 Å². The average Bonchev–Trinajstić information content (AvgIpc) is 3.43. The Balaban J connectivity index is 1.31. The number of carbonyl (C=O) groups excluding carboxylic acids is 2. The first-order valence-corrected chi connectivity index (χ1v) is 14.3. The summed E-state index contributed by atoms with van der Waals surface area (Å²) in [6.07, 6.45) is 1.15. The van der Waals surface area contributed by atoms with Gasteiger partial charge in [0.2, 0.25) is 5.91 Å². The average molecular weight is 558 g/mol. The highest BCUT2D eigenvalue weighted by Gasteiger charge is 2.32. The van der Waals surface area contributed by atoms with Crippen molar-refractivity contribution in [2.75, 3.05) is 6.54 Å². The smallest absolute Gasteiger partial charge is 0.271 e. The second kappa shape index (κ2) is 12.4. The highest BCUT2D eigenvalue weighted by molar-refractivity contribution is 7.09. The van der Waals surface area contributed by atoms with Crippen molar-refractivity contribution in [3.8, 4) is 5.75 Å². The molecule has 3 aromatic carbocycles. The third-order valence-electron chi connectivity index (χ3n) is 6.86. The molecule has 0 radical (unpaired) electrons. The number of nitrogens with one attached hydrogen (secondary N) is 1. The largest absolute Gasteiger partial charge is 0.486 e. The van der Waals surface area contributed by atoms with E-state index in [4.69, 9.17) is 4.74 Å². The van der Waals surface area contributed by atoms with E-state index in [-0.39, 0.29) is 30.2 Å². The molecule has 8 heteroatoms. The van der Waals surface area contributed by atoms with Crippen molar-refractivity contribution < 1.29 is 18.7 Å². The maximum absolute atomic E-state index is 14.3. The molecule has 0 saturated carbocycles. The molecule has 1 N–H and O–H groups in total. The molecular formula is C32H32FN3O3S. The van der Waals surface area contributed by atoms with E-state index in [1.807, 2.05) is 73.3 Å². The molecule has 206 valence electrons. The number of aromatic nitrogens is 1. The molecule has 4 aromatic rings. The van der Waals surface area contributed by atoms with Gasteiger partial charge in [-0.2, -0.15) is 0 Å². The number of carbonyl (C=O) groups is 2. The van der Waals surface area contributed by atoms with E-state index in [0.717, 1.165) is 28.7 Å². The molecule has 0 spiro atoms. The Morgan fingerprint density at radius 3 is 2.70 bits per heavy atom. The highest BCUT2D eigenvalue weighted by Crippen LogP contribution is 2.38. The second-order valence-electron chi connectivity index (χ2n) is 10.3. The Hall–Kier alpha value is -4.04. The summed E-state index contributed by atoms with van der Waals surface area (Å²) in [5, 5.41) is 5.30. The Morgan fingerprint density at radius 2 is 1.93 bits per heavy atom. The van der Waals surface area contributed by atoms with Crippen LogP contribution in [-0.4, -0.2) is 28.2 Å². The molecule has 2 amide bonds. The Bertz CT molecular complexity index is 1490. The molecule has 1 aliphatic heterocycles. The third kappa shape index (κ3) is 6.57. The summed E-state index contributed by atoms with van der Waals surface area (Å²) in [7, 11) is 0. The molecular weight excluding hydrogens is 525 g/mol. The number of hydrogen-bond acceptors (Lipinski definition) is 5. The number of halogens is 1. The van der Waals surface area contributed by atoms with E-state index in [9.17, 15) is 14.0 Å². The maximum Gasteiger partial charge on any atom is 0.271 e. The van der Waals surface area contributed by atoms with Crippen LogP contribution in [0.4, 0.5) is 4.39 Å². The zero-order valence-corrected chi connectivity index (χ0v) is 23.4. The number of thiazole rings is 1. The van der Waals surface area contributed by atoms with Gasteiger partial charge in [0.05, 0.1) is 6.04 Å². The molecule has 1 aliphatic rings. The standard InChI is InChI=1S/C32H32FN3O3S/c1-21(2)15-30(37)36-14-13-23-11-12-26(17-27(23)31(36)24-9-6-10-25(33)16-24)39-19-29-35-28(20-40-29)32(38)34-18-22-7-4-3-5-8-22/h3-12,16-17,20-21,31H,13-15,18-19H2,1-2H3,(H,34,38). The normalized spacial score (nSPS) is 14.6. The van der Waals surface area contributed by atoms with Gasteiger partial charge in [-0.3, -0.25) is 9.59 Å². The van der Waals surface area contributed by atoms with Crippen LogP contribution in [0, 0.1) is 11.7 Å². The first-order chi connectivity index (χ1) is 19.4. The quantitative estimate of drug-likeness (QED) is 0.262. The minimum Gasteiger partial charge on any atom is -0.486 e. The van der Waals surface area contributed by atoms with E-state index in [1.54, 1.807) is 11.4 Å². The first-order valence-electron chi connectivity index (χ1n) is 13.4. The lowest BCUT2D eigenvalue weighted by Crippen LogP contribution is -2.41. The monoisotopic (exact) mass is 557 g/mol. The van der Waals surface area contributed by atoms with Gasteiger partial charge in [0.1, 0.15) is 28.9 Å². The fourth-order valence-electron chi connectivity index (χ4n) is 4.95. The highest BCUT2D eigenvalue weighted by atomic mass is 32.1. The Kier molecular flexibility index (Phi) is 8.55. The number of hydrogen-bond donors (Lipinski definition) is 1. The van der Waals surface area contributed by atoms with Crippen LogP contribution in [0.15, 0.2) is 78.2 Å². The zero-order chi connectivity index (χ0) is 28.1. The molecule has 5 rings (SSSR count). The van der Waals surface area contributed by atoms with Crippen LogP contribution >= 0.6 is 11.3 Å². The van der Waals surface area contributed by atoms with Gasteiger partial charge in [-0.25, -0.2) is 9.37 Å². The zero-order valence-electron chi connectivity index (χ0n) is 22.6.